The molecule has 3 aromatic rings. The lowest BCUT2D eigenvalue weighted by Gasteiger charge is -2.09. The average molecular weight is 304 g/mol. The van der Waals surface area contributed by atoms with Gasteiger partial charge in [-0.25, -0.2) is 4.98 Å². The highest BCUT2D eigenvalue weighted by molar-refractivity contribution is 6.30. The molecule has 4 heteroatoms. The van der Waals surface area contributed by atoms with E-state index in [1.54, 1.807) is 24.3 Å². The third-order valence-electron chi connectivity index (χ3n) is 2.96. The van der Waals surface area contributed by atoms with Crippen LogP contribution in [0.2, 0.25) is 5.02 Å². The lowest BCUT2D eigenvalue weighted by Crippen LogP contribution is -1.92. The number of aromatic nitrogens is 1. The molecule has 1 aromatic heterocycles. The van der Waals surface area contributed by atoms with Gasteiger partial charge in [0.1, 0.15) is 5.75 Å². The smallest absolute Gasteiger partial charge is 0.220 e. The number of para-hydroxylation sites is 1. The van der Waals surface area contributed by atoms with E-state index in [0.29, 0.717) is 22.5 Å². The van der Waals surface area contributed by atoms with Gasteiger partial charge in [-0.1, -0.05) is 29.8 Å². The number of alkyl halides is 1. The van der Waals surface area contributed by atoms with E-state index in [1.165, 1.54) is 0 Å². The SMILES string of the molecule is ClCc1cc(Oc2ccc(Cl)cc2)nc2ccccc12. The fourth-order valence-corrected chi connectivity index (χ4v) is 2.35. The Hall–Kier alpha value is -1.77. The molecule has 0 N–H and O–H groups in total. The van der Waals surface area contributed by atoms with Crippen molar-refractivity contribution in [3.05, 3.63) is 65.2 Å². The van der Waals surface area contributed by atoms with Crippen molar-refractivity contribution in [1.82, 2.24) is 4.98 Å². The Labute approximate surface area is 126 Å². The van der Waals surface area contributed by atoms with Crippen LogP contribution in [0.15, 0.2) is 54.6 Å². The van der Waals surface area contributed by atoms with Crippen LogP contribution in [0.5, 0.6) is 11.6 Å². The minimum atomic E-state index is 0.417. The van der Waals surface area contributed by atoms with Crippen molar-refractivity contribution in [2.45, 2.75) is 5.88 Å². The van der Waals surface area contributed by atoms with Crippen molar-refractivity contribution in [3.63, 3.8) is 0 Å². The lowest BCUT2D eigenvalue weighted by molar-refractivity contribution is 0.464. The van der Waals surface area contributed by atoms with Crippen LogP contribution < -0.4 is 4.74 Å². The molecule has 100 valence electrons. The minimum absolute atomic E-state index is 0.417. The van der Waals surface area contributed by atoms with E-state index < -0.39 is 0 Å². The van der Waals surface area contributed by atoms with Crippen LogP contribution in [0.1, 0.15) is 5.56 Å². The van der Waals surface area contributed by atoms with Gasteiger partial charge >= 0.3 is 0 Å². The van der Waals surface area contributed by atoms with E-state index in [4.69, 9.17) is 27.9 Å². The molecular weight excluding hydrogens is 293 g/mol. The normalized spacial score (nSPS) is 10.7. The first kappa shape index (κ1) is 13.2. The molecule has 0 aliphatic carbocycles. The second-order valence-electron chi connectivity index (χ2n) is 4.33. The zero-order valence-corrected chi connectivity index (χ0v) is 12.0. The number of hydrogen-bond acceptors (Lipinski definition) is 2. The molecule has 1 heterocycles. The molecule has 0 aliphatic rings. The first-order chi connectivity index (χ1) is 9.76. The molecule has 2 nitrogen and oxygen atoms in total. The van der Waals surface area contributed by atoms with Gasteiger partial charge in [0.25, 0.3) is 0 Å². The van der Waals surface area contributed by atoms with Gasteiger partial charge in [0, 0.05) is 22.4 Å². The van der Waals surface area contributed by atoms with Crippen molar-refractivity contribution >= 4 is 34.1 Å². The predicted molar refractivity (Wildman–Crippen MR) is 82.8 cm³/mol. The van der Waals surface area contributed by atoms with Gasteiger partial charge in [-0.05, 0) is 35.9 Å². The highest BCUT2D eigenvalue weighted by Gasteiger charge is 2.06. The predicted octanol–water partition coefficient (Wildman–Crippen LogP) is 5.42. The van der Waals surface area contributed by atoms with Gasteiger partial charge in [-0.15, -0.1) is 11.6 Å². The maximum absolute atomic E-state index is 6.00. The van der Waals surface area contributed by atoms with Gasteiger partial charge in [-0.2, -0.15) is 0 Å². The molecule has 0 radical (unpaired) electrons. The second-order valence-corrected chi connectivity index (χ2v) is 5.03. The van der Waals surface area contributed by atoms with Crippen molar-refractivity contribution in [1.29, 1.82) is 0 Å². The van der Waals surface area contributed by atoms with Crippen molar-refractivity contribution in [2.75, 3.05) is 0 Å². The van der Waals surface area contributed by atoms with Crippen LogP contribution >= 0.6 is 23.2 Å². The summed E-state index contributed by atoms with van der Waals surface area (Å²) in [7, 11) is 0. The minimum Gasteiger partial charge on any atom is -0.439 e. The molecule has 0 saturated heterocycles. The van der Waals surface area contributed by atoms with Gasteiger partial charge in [0.05, 0.1) is 5.52 Å². The molecule has 0 unspecified atom stereocenters. The Balaban J connectivity index is 2.01. The number of halogens is 2. The summed E-state index contributed by atoms with van der Waals surface area (Å²) in [5, 5.41) is 1.72. The Morgan fingerprint density at radius 3 is 2.50 bits per heavy atom. The van der Waals surface area contributed by atoms with E-state index in [-0.39, 0.29) is 0 Å². The molecule has 0 aliphatic heterocycles. The van der Waals surface area contributed by atoms with E-state index in [2.05, 4.69) is 4.98 Å². The fraction of sp³-hybridized carbons (Fsp3) is 0.0625. The molecule has 0 bridgehead atoms. The fourth-order valence-electron chi connectivity index (χ4n) is 2.01. The third kappa shape index (κ3) is 2.72. The Kier molecular flexibility index (Phi) is 3.77. The largest absolute Gasteiger partial charge is 0.439 e. The summed E-state index contributed by atoms with van der Waals surface area (Å²) in [5.74, 6) is 1.64. The van der Waals surface area contributed by atoms with E-state index in [0.717, 1.165) is 16.5 Å². The summed E-state index contributed by atoms with van der Waals surface area (Å²) in [4.78, 5) is 4.49. The van der Waals surface area contributed by atoms with Crippen molar-refractivity contribution in [2.24, 2.45) is 0 Å². The van der Waals surface area contributed by atoms with Crippen LogP contribution in [-0.4, -0.2) is 4.98 Å². The Morgan fingerprint density at radius 2 is 1.75 bits per heavy atom. The summed E-state index contributed by atoms with van der Waals surface area (Å²) in [6.07, 6.45) is 0. The van der Waals surface area contributed by atoms with Crippen molar-refractivity contribution < 1.29 is 4.74 Å². The lowest BCUT2D eigenvalue weighted by atomic mass is 10.1. The molecule has 3 rings (SSSR count). The van der Waals surface area contributed by atoms with Crippen LogP contribution in [-0.2, 0) is 5.88 Å². The number of rotatable bonds is 3. The number of benzene rings is 2. The van der Waals surface area contributed by atoms with Gasteiger partial charge in [0.15, 0.2) is 0 Å². The number of hydrogen-bond donors (Lipinski definition) is 0. The zero-order chi connectivity index (χ0) is 13.9. The maximum atomic E-state index is 6.00. The topological polar surface area (TPSA) is 22.1 Å². The van der Waals surface area contributed by atoms with E-state index >= 15 is 0 Å². The highest BCUT2D eigenvalue weighted by atomic mass is 35.5. The first-order valence-corrected chi connectivity index (χ1v) is 7.05. The maximum Gasteiger partial charge on any atom is 0.220 e. The molecule has 0 saturated carbocycles. The first-order valence-electron chi connectivity index (χ1n) is 6.14. The van der Waals surface area contributed by atoms with Crippen LogP contribution in [0.3, 0.4) is 0 Å². The van der Waals surface area contributed by atoms with Gasteiger partial charge in [0.2, 0.25) is 5.88 Å². The van der Waals surface area contributed by atoms with Crippen molar-refractivity contribution in [3.8, 4) is 11.6 Å². The summed E-state index contributed by atoms with van der Waals surface area (Å²) < 4.78 is 5.76. The summed E-state index contributed by atoms with van der Waals surface area (Å²) >= 11 is 11.9. The average Bonchev–Trinajstić information content (AvgIpc) is 2.49. The molecular formula is C16H11Cl2NO. The summed E-state index contributed by atoms with van der Waals surface area (Å²) in [6, 6.07) is 16.9. The summed E-state index contributed by atoms with van der Waals surface area (Å²) in [6.45, 7) is 0. The molecule has 0 spiro atoms. The number of ether oxygens (including phenoxy) is 1. The number of fused-ring (bicyclic) bond motifs is 1. The third-order valence-corrected chi connectivity index (χ3v) is 3.50. The van der Waals surface area contributed by atoms with Crippen LogP contribution in [0, 0.1) is 0 Å². The van der Waals surface area contributed by atoms with E-state index in [9.17, 15) is 0 Å². The summed E-state index contributed by atoms with van der Waals surface area (Å²) in [5.41, 5.74) is 1.87. The Morgan fingerprint density at radius 1 is 1.00 bits per heavy atom. The number of nitrogens with zero attached hydrogens (tertiary/aromatic N) is 1. The van der Waals surface area contributed by atoms with Crippen LogP contribution in [0.25, 0.3) is 10.9 Å². The molecule has 0 fully saturated rings. The van der Waals surface area contributed by atoms with Gasteiger partial charge < -0.3 is 4.74 Å². The zero-order valence-electron chi connectivity index (χ0n) is 10.5. The molecule has 0 amide bonds. The molecule has 0 atom stereocenters. The quantitative estimate of drug-likeness (QED) is 0.603. The molecule has 2 aromatic carbocycles. The highest BCUT2D eigenvalue weighted by Crippen LogP contribution is 2.27. The van der Waals surface area contributed by atoms with E-state index in [1.807, 2.05) is 30.3 Å². The molecule has 20 heavy (non-hydrogen) atoms. The monoisotopic (exact) mass is 303 g/mol. The standard InChI is InChI=1S/C16H11Cl2NO/c17-10-11-9-16(19-15-4-2-1-3-14(11)15)20-13-7-5-12(18)6-8-13/h1-9H,10H2. The number of pyridine rings is 1. The van der Waals surface area contributed by atoms with Crippen LogP contribution in [0.4, 0.5) is 0 Å². The van der Waals surface area contributed by atoms with Gasteiger partial charge in [-0.3, -0.25) is 0 Å². The second kappa shape index (κ2) is 5.70. The Bertz CT molecular complexity index is 741.